The van der Waals surface area contributed by atoms with Crippen molar-refractivity contribution in [2.45, 2.75) is 71.5 Å². The van der Waals surface area contributed by atoms with Gasteiger partial charge in [-0.1, -0.05) is 27.7 Å². The average Bonchev–Trinajstić information content (AvgIpc) is 2.51. The van der Waals surface area contributed by atoms with E-state index in [4.69, 9.17) is 0 Å². The number of piperidine rings is 1. The fraction of sp³-hybridized carbons (Fsp3) is 0.933. The molecule has 1 saturated carbocycles. The van der Waals surface area contributed by atoms with Crippen molar-refractivity contribution in [3.8, 4) is 0 Å². The lowest BCUT2D eigenvalue weighted by atomic mass is 9.99. The zero-order valence-electron chi connectivity index (χ0n) is 12.5. The van der Waals surface area contributed by atoms with Crippen molar-refractivity contribution in [1.82, 2.24) is 10.6 Å². The van der Waals surface area contributed by atoms with E-state index < -0.39 is 0 Å². The maximum atomic E-state index is 12.4. The van der Waals surface area contributed by atoms with E-state index in [9.17, 15) is 4.79 Å². The molecule has 0 aromatic rings. The SMILES string of the molecule is CC1(C)C(C(=O)NC2CC3CCC(C2)N3)C1(C)C.Cl. The van der Waals surface area contributed by atoms with Gasteiger partial charge in [0.05, 0.1) is 0 Å². The molecular formula is C15H27ClN2O. The van der Waals surface area contributed by atoms with Crippen LogP contribution in [-0.2, 0) is 4.79 Å². The zero-order valence-corrected chi connectivity index (χ0v) is 13.3. The molecule has 4 heteroatoms. The van der Waals surface area contributed by atoms with Gasteiger partial charge in [0.1, 0.15) is 0 Å². The minimum absolute atomic E-state index is 0. The number of carbonyl (C=O) groups is 1. The summed E-state index contributed by atoms with van der Waals surface area (Å²) in [7, 11) is 0. The lowest BCUT2D eigenvalue weighted by Gasteiger charge is -2.30. The number of hydrogen-bond donors (Lipinski definition) is 2. The van der Waals surface area contributed by atoms with E-state index in [0.717, 1.165) is 12.8 Å². The predicted octanol–water partition coefficient (Wildman–Crippen LogP) is 2.49. The molecule has 3 fully saturated rings. The zero-order chi connectivity index (χ0) is 13.1. The van der Waals surface area contributed by atoms with E-state index in [1.165, 1.54) is 12.8 Å². The van der Waals surface area contributed by atoms with E-state index in [-0.39, 0.29) is 35.1 Å². The largest absolute Gasteiger partial charge is 0.353 e. The first-order valence-electron chi connectivity index (χ1n) is 7.39. The van der Waals surface area contributed by atoms with Crippen LogP contribution >= 0.6 is 12.4 Å². The van der Waals surface area contributed by atoms with Crippen molar-refractivity contribution in [2.75, 3.05) is 0 Å². The molecule has 0 aromatic carbocycles. The first-order valence-corrected chi connectivity index (χ1v) is 7.39. The van der Waals surface area contributed by atoms with Gasteiger partial charge < -0.3 is 10.6 Å². The number of amides is 1. The van der Waals surface area contributed by atoms with Crippen molar-refractivity contribution < 1.29 is 4.79 Å². The Morgan fingerprint density at radius 3 is 1.95 bits per heavy atom. The van der Waals surface area contributed by atoms with E-state index in [1.54, 1.807) is 0 Å². The van der Waals surface area contributed by atoms with Gasteiger partial charge >= 0.3 is 0 Å². The second-order valence-electron chi connectivity index (χ2n) is 7.69. The fourth-order valence-electron chi connectivity index (χ4n) is 4.31. The molecule has 1 amide bonds. The minimum Gasteiger partial charge on any atom is -0.353 e. The lowest BCUT2D eigenvalue weighted by Crippen LogP contribution is -2.48. The van der Waals surface area contributed by atoms with Crippen molar-refractivity contribution >= 4 is 18.3 Å². The summed E-state index contributed by atoms with van der Waals surface area (Å²) >= 11 is 0. The highest BCUT2D eigenvalue weighted by atomic mass is 35.5. The molecule has 3 aliphatic rings. The molecule has 2 atom stereocenters. The number of hydrogen-bond acceptors (Lipinski definition) is 2. The van der Waals surface area contributed by atoms with Gasteiger partial charge in [-0.25, -0.2) is 0 Å². The number of rotatable bonds is 2. The van der Waals surface area contributed by atoms with Crippen LogP contribution in [-0.4, -0.2) is 24.0 Å². The van der Waals surface area contributed by atoms with E-state index in [0.29, 0.717) is 18.1 Å². The van der Waals surface area contributed by atoms with Gasteiger partial charge in [0, 0.05) is 24.0 Å². The number of halogens is 1. The smallest absolute Gasteiger partial charge is 0.224 e. The second-order valence-corrected chi connectivity index (χ2v) is 7.69. The molecule has 0 radical (unpaired) electrons. The molecule has 2 N–H and O–H groups in total. The van der Waals surface area contributed by atoms with Crippen LogP contribution in [0, 0.1) is 16.7 Å². The molecule has 19 heavy (non-hydrogen) atoms. The van der Waals surface area contributed by atoms with Gasteiger partial charge in [-0.15, -0.1) is 12.4 Å². The topological polar surface area (TPSA) is 41.1 Å². The van der Waals surface area contributed by atoms with Gasteiger partial charge in [-0.2, -0.15) is 0 Å². The molecule has 3 rings (SSSR count). The van der Waals surface area contributed by atoms with Gasteiger partial charge in [-0.3, -0.25) is 4.79 Å². The van der Waals surface area contributed by atoms with Gasteiger partial charge in [0.25, 0.3) is 0 Å². The molecule has 2 heterocycles. The van der Waals surface area contributed by atoms with Crippen LogP contribution in [0.15, 0.2) is 0 Å². The summed E-state index contributed by atoms with van der Waals surface area (Å²) in [5.74, 6) is 0.480. The van der Waals surface area contributed by atoms with Crippen molar-refractivity contribution in [2.24, 2.45) is 16.7 Å². The highest BCUT2D eigenvalue weighted by Gasteiger charge is 2.68. The number of fused-ring (bicyclic) bond motifs is 2. The van der Waals surface area contributed by atoms with Crippen LogP contribution in [0.4, 0.5) is 0 Å². The van der Waals surface area contributed by atoms with Crippen molar-refractivity contribution in [3.63, 3.8) is 0 Å². The Hall–Kier alpha value is -0.280. The highest BCUT2D eigenvalue weighted by Crippen LogP contribution is 2.68. The van der Waals surface area contributed by atoms with E-state index in [2.05, 4.69) is 38.3 Å². The summed E-state index contributed by atoms with van der Waals surface area (Å²) in [6.07, 6.45) is 4.82. The summed E-state index contributed by atoms with van der Waals surface area (Å²) in [5, 5.41) is 6.93. The molecular weight excluding hydrogens is 260 g/mol. The predicted molar refractivity (Wildman–Crippen MR) is 79.4 cm³/mol. The van der Waals surface area contributed by atoms with Crippen LogP contribution in [0.2, 0.25) is 0 Å². The van der Waals surface area contributed by atoms with Crippen LogP contribution in [0.3, 0.4) is 0 Å². The fourth-order valence-corrected chi connectivity index (χ4v) is 4.31. The third kappa shape index (κ3) is 2.29. The molecule has 0 spiro atoms. The summed E-state index contributed by atoms with van der Waals surface area (Å²) in [4.78, 5) is 12.4. The highest BCUT2D eigenvalue weighted by molar-refractivity contribution is 5.85. The molecule has 1 aliphatic carbocycles. The van der Waals surface area contributed by atoms with Crippen molar-refractivity contribution in [3.05, 3.63) is 0 Å². The standard InChI is InChI=1S/C15H26N2O.ClH/c1-14(2)12(15(14,3)4)13(18)17-11-7-9-5-6-10(8-11)16-9;/h9-12,16H,5-8H2,1-4H3,(H,17,18);1H. The van der Waals surface area contributed by atoms with E-state index in [1.807, 2.05) is 0 Å². The lowest BCUT2D eigenvalue weighted by molar-refractivity contribution is -0.124. The average molecular weight is 287 g/mol. The third-order valence-corrected chi connectivity index (χ3v) is 6.10. The molecule has 2 unspecified atom stereocenters. The van der Waals surface area contributed by atoms with Crippen LogP contribution in [0.25, 0.3) is 0 Å². The molecule has 3 nitrogen and oxygen atoms in total. The van der Waals surface area contributed by atoms with E-state index >= 15 is 0 Å². The Kier molecular flexibility index (Phi) is 3.68. The van der Waals surface area contributed by atoms with Gasteiger partial charge in [-0.05, 0) is 36.5 Å². The van der Waals surface area contributed by atoms with Crippen LogP contribution in [0.5, 0.6) is 0 Å². The summed E-state index contributed by atoms with van der Waals surface area (Å²) < 4.78 is 0. The minimum atomic E-state index is 0. The summed E-state index contributed by atoms with van der Waals surface area (Å²) in [6, 6.07) is 1.70. The Labute approximate surface area is 122 Å². The Bertz CT molecular complexity index is 354. The third-order valence-electron chi connectivity index (χ3n) is 6.10. The van der Waals surface area contributed by atoms with Gasteiger partial charge in [0.15, 0.2) is 0 Å². The van der Waals surface area contributed by atoms with Crippen LogP contribution < -0.4 is 10.6 Å². The molecule has 2 bridgehead atoms. The van der Waals surface area contributed by atoms with Crippen molar-refractivity contribution in [1.29, 1.82) is 0 Å². The quantitative estimate of drug-likeness (QED) is 0.819. The Morgan fingerprint density at radius 1 is 1.05 bits per heavy atom. The number of carbonyl (C=O) groups excluding carboxylic acids is 1. The molecule has 2 aliphatic heterocycles. The van der Waals surface area contributed by atoms with Gasteiger partial charge in [0.2, 0.25) is 5.91 Å². The summed E-state index contributed by atoms with van der Waals surface area (Å²) in [6.45, 7) is 8.85. The Balaban J connectivity index is 0.00000133. The normalized spacial score (nSPS) is 38.4. The maximum Gasteiger partial charge on any atom is 0.224 e. The molecule has 110 valence electrons. The number of nitrogens with one attached hydrogen (secondary N) is 2. The monoisotopic (exact) mass is 286 g/mol. The molecule has 0 aromatic heterocycles. The Morgan fingerprint density at radius 2 is 1.53 bits per heavy atom. The first-order chi connectivity index (χ1) is 8.32. The van der Waals surface area contributed by atoms with Crippen LogP contribution in [0.1, 0.15) is 53.4 Å². The second kappa shape index (κ2) is 4.63. The first kappa shape index (κ1) is 15.1. The molecule has 2 saturated heterocycles. The summed E-state index contributed by atoms with van der Waals surface area (Å²) in [5.41, 5.74) is 0.311. The maximum absolute atomic E-state index is 12.4.